The lowest BCUT2D eigenvalue weighted by Crippen LogP contribution is -2.33. The van der Waals surface area contributed by atoms with Crippen molar-refractivity contribution in [2.45, 2.75) is 26.4 Å². The number of ether oxygens (including phenoxy) is 1. The van der Waals surface area contributed by atoms with Gasteiger partial charge in [0.25, 0.3) is 0 Å². The molecule has 0 unspecified atom stereocenters. The fourth-order valence-corrected chi connectivity index (χ4v) is 2.06. The second kappa shape index (κ2) is 7.46. The van der Waals surface area contributed by atoms with Gasteiger partial charge < -0.3 is 10.1 Å². The summed E-state index contributed by atoms with van der Waals surface area (Å²) in [5.74, 6) is 0.636. The van der Waals surface area contributed by atoms with Crippen molar-refractivity contribution in [3.05, 3.63) is 47.8 Å². The molecule has 0 radical (unpaired) electrons. The minimum absolute atomic E-state index is 0.305. The van der Waals surface area contributed by atoms with Gasteiger partial charge in [0, 0.05) is 18.8 Å². The van der Waals surface area contributed by atoms with E-state index in [4.69, 9.17) is 10.00 Å². The quantitative estimate of drug-likeness (QED) is 0.791. The van der Waals surface area contributed by atoms with Crippen LogP contribution in [-0.4, -0.2) is 29.0 Å². The predicted molar refractivity (Wildman–Crippen MR) is 81.1 cm³/mol. The number of nitrogens with zero attached hydrogens (tertiary/aromatic N) is 3. The number of para-hydroxylation sites is 1. The van der Waals surface area contributed by atoms with Gasteiger partial charge >= 0.3 is 0 Å². The molecule has 2 rings (SSSR count). The molecule has 0 aliphatic rings. The zero-order valence-corrected chi connectivity index (χ0v) is 12.4. The Morgan fingerprint density at radius 2 is 2.24 bits per heavy atom. The molecule has 0 aliphatic heterocycles. The van der Waals surface area contributed by atoms with E-state index in [-0.39, 0.29) is 0 Å². The van der Waals surface area contributed by atoms with Gasteiger partial charge in [-0.15, -0.1) is 0 Å². The molecule has 0 saturated carbocycles. The number of nitriles is 1. The maximum atomic E-state index is 8.97. The molecule has 1 aromatic carbocycles. The molecular weight excluding hydrogens is 264 g/mol. The van der Waals surface area contributed by atoms with Crippen LogP contribution in [0.3, 0.4) is 0 Å². The molecule has 1 atom stereocenters. The van der Waals surface area contributed by atoms with Crippen LogP contribution in [0.4, 0.5) is 0 Å². The molecule has 110 valence electrons. The Kier molecular flexibility index (Phi) is 5.35. The van der Waals surface area contributed by atoms with E-state index >= 15 is 0 Å². The third-order valence-corrected chi connectivity index (χ3v) is 3.08. The monoisotopic (exact) mass is 284 g/mol. The SMILES string of the molecule is Cc1cnn(C[C@@H](C)NCCOc2ccccc2C#N)c1. The molecule has 0 spiro atoms. The van der Waals surface area contributed by atoms with Gasteiger partial charge in [-0.2, -0.15) is 10.4 Å². The topological polar surface area (TPSA) is 62.9 Å². The predicted octanol–water partition coefficient (Wildman–Crippen LogP) is 2.12. The van der Waals surface area contributed by atoms with E-state index in [0.29, 0.717) is 24.0 Å². The maximum absolute atomic E-state index is 8.97. The molecule has 1 aromatic heterocycles. The molecular formula is C16H20N4O. The molecule has 1 N–H and O–H groups in total. The highest BCUT2D eigenvalue weighted by molar-refractivity contribution is 5.42. The van der Waals surface area contributed by atoms with E-state index in [1.54, 1.807) is 6.07 Å². The summed E-state index contributed by atoms with van der Waals surface area (Å²) in [4.78, 5) is 0. The van der Waals surface area contributed by atoms with E-state index in [9.17, 15) is 0 Å². The lowest BCUT2D eigenvalue weighted by Gasteiger charge is -2.14. The molecule has 0 fully saturated rings. The third-order valence-electron chi connectivity index (χ3n) is 3.08. The second-order valence-electron chi connectivity index (χ2n) is 5.05. The molecule has 0 saturated heterocycles. The van der Waals surface area contributed by atoms with Crippen LogP contribution < -0.4 is 10.1 Å². The van der Waals surface area contributed by atoms with Crippen LogP contribution >= 0.6 is 0 Å². The number of aryl methyl sites for hydroxylation is 1. The lowest BCUT2D eigenvalue weighted by atomic mass is 10.2. The van der Waals surface area contributed by atoms with Crippen LogP contribution in [0.1, 0.15) is 18.1 Å². The Bertz CT molecular complexity index is 615. The van der Waals surface area contributed by atoms with E-state index in [1.807, 2.05) is 42.2 Å². The lowest BCUT2D eigenvalue weighted by molar-refractivity contribution is 0.301. The highest BCUT2D eigenvalue weighted by atomic mass is 16.5. The van der Waals surface area contributed by atoms with Crippen LogP contribution in [0.5, 0.6) is 5.75 Å². The van der Waals surface area contributed by atoms with E-state index < -0.39 is 0 Å². The Hall–Kier alpha value is -2.32. The van der Waals surface area contributed by atoms with Gasteiger partial charge in [0.15, 0.2) is 0 Å². The molecule has 5 heteroatoms. The summed E-state index contributed by atoms with van der Waals surface area (Å²) in [5.41, 5.74) is 1.73. The maximum Gasteiger partial charge on any atom is 0.137 e. The first-order valence-electron chi connectivity index (χ1n) is 7.03. The molecule has 5 nitrogen and oxygen atoms in total. The van der Waals surface area contributed by atoms with Crippen LogP contribution in [0.15, 0.2) is 36.7 Å². The molecule has 0 bridgehead atoms. The van der Waals surface area contributed by atoms with Crippen molar-refractivity contribution in [3.63, 3.8) is 0 Å². The van der Waals surface area contributed by atoms with Crippen molar-refractivity contribution in [1.82, 2.24) is 15.1 Å². The molecule has 2 aromatic rings. The summed E-state index contributed by atoms with van der Waals surface area (Å²) in [7, 11) is 0. The van der Waals surface area contributed by atoms with Gasteiger partial charge in [-0.05, 0) is 31.5 Å². The van der Waals surface area contributed by atoms with E-state index in [0.717, 1.165) is 13.1 Å². The first-order chi connectivity index (χ1) is 10.2. The van der Waals surface area contributed by atoms with Crippen LogP contribution in [-0.2, 0) is 6.54 Å². The first-order valence-corrected chi connectivity index (χ1v) is 7.03. The van der Waals surface area contributed by atoms with Gasteiger partial charge in [-0.1, -0.05) is 12.1 Å². The molecule has 0 aliphatic carbocycles. The van der Waals surface area contributed by atoms with Crippen molar-refractivity contribution in [2.24, 2.45) is 0 Å². The van der Waals surface area contributed by atoms with Gasteiger partial charge in [0.1, 0.15) is 18.4 Å². The highest BCUT2D eigenvalue weighted by Gasteiger charge is 2.04. The van der Waals surface area contributed by atoms with Crippen molar-refractivity contribution < 1.29 is 4.74 Å². The minimum atomic E-state index is 0.305. The number of aromatic nitrogens is 2. The number of nitrogens with one attached hydrogen (secondary N) is 1. The van der Waals surface area contributed by atoms with Crippen molar-refractivity contribution in [1.29, 1.82) is 5.26 Å². The van der Waals surface area contributed by atoms with Gasteiger partial charge in [-0.3, -0.25) is 4.68 Å². The number of rotatable bonds is 7. The molecule has 21 heavy (non-hydrogen) atoms. The number of hydrogen-bond acceptors (Lipinski definition) is 4. The fraction of sp³-hybridized carbons (Fsp3) is 0.375. The Balaban J connectivity index is 1.71. The van der Waals surface area contributed by atoms with Crippen LogP contribution in [0.25, 0.3) is 0 Å². The zero-order chi connectivity index (χ0) is 15.1. The van der Waals surface area contributed by atoms with Gasteiger partial charge in [0.2, 0.25) is 0 Å². The zero-order valence-electron chi connectivity index (χ0n) is 12.4. The standard InChI is InChI=1S/C16H20N4O/c1-13-10-19-20(11-13)12-14(2)18-7-8-21-16-6-4-3-5-15(16)9-17/h3-6,10-11,14,18H,7-8,12H2,1-2H3/t14-/m1/s1. The van der Waals surface area contributed by atoms with Crippen molar-refractivity contribution in [2.75, 3.05) is 13.2 Å². The Morgan fingerprint density at radius 3 is 2.95 bits per heavy atom. The van der Waals surface area contributed by atoms with Crippen LogP contribution in [0, 0.1) is 18.3 Å². The summed E-state index contributed by atoms with van der Waals surface area (Å²) in [5, 5.41) is 16.6. The van der Waals surface area contributed by atoms with Crippen LogP contribution in [0.2, 0.25) is 0 Å². The van der Waals surface area contributed by atoms with Gasteiger partial charge in [0.05, 0.1) is 18.3 Å². The third kappa shape index (κ3) is 4.62. The average Bonchev–Trinajstić information content (AvgIpc) is 2.89. The normalized spacial score (nSPS) is 11.9. The first kappa shape index (κ1) is 15.1. The summed E-state index contributed by atoms with van der Waals surface area (Å²) in [6.07, 6.45) is 3.88. The Labute approximate surface area is 125 Å². The Morgan fingerprint density at radius 1 is 1.43 bits per heavy atom. The van der Waals surface area contributed by atoms with E-state index in [2.05, 4.69) is 23.4 Å². The smallest absolute Gasteiger partial charge is 0.137 e. The molecule has 0 amide bonds. The molecule has 1 heterocycles. The van der Waals surface area contributed by atoms with Gasteiger partial charge in [-0.25, -0.2) is 0 Å². The summed E-state index contributed by atoms with van der Waals surface area (Å²) < 4.78 is 7.55. The largest absolute Gasteiger partial charge is 0.491 e. The summed E-state index contributed by atoms with van der Waals surface area (Å²) in [6, 6.07) is 9.70. The second-order valence-corrected chi connectivity index (χ2v) is 5.05. The fourth-order valence-electron chi connectivity index (χ4n) is 2.06. The number of benzene rings is 1. The summed E-state index contributed by atoms with van der Waals surface area (Å²) >= 11 is 0. The van der Waals surface area contributed by atoms with E-state index in [1.165, 1.54) is 5.56 Å². The van der Waals surface area contributed by atoms with Crippen molar-refractivity contribution in [3.8, 4) is 11.8 Å². The average molecular weight is 284 g/mol. The summed E-state index contributed by atoms with van der Waals surface area (Å²) in [6.45, 7) is 6.22. The van der Waals surface area contributed by atoms with Crippen molar-refractivity contribution >= 4 is 0 Å². The highest BCUT2D eigenvalue weighted by Crippen LogP contribution is 2.15. The minimum Gasteiger partial charge on any atom is -0.491 e. The number of hydrogen-bond donors (Lipinski definition) is 1.